The number of hydrogen-bond donors (Lipinski definition) is 1. The van der Waals surface area contributed by atoms with Crippen LogP contribution in [0.25, 0.3) is 0 Å². The van der Waals surface area contributed by atoms with Crippen LogP contribution in [0, 0.1) is 11.3 Å². The van der Waals surface area contributed by atoms with Gasteiger partial charge in [0.2, 0.25) is 0 Å². The number of nitrogens with zero attached hydrogens (tertiary/aromatic N) is 2. The highest BCUT2D eigenvalue weighted by molar-refractivity contribution is 7.98. The molecule has 3 rings (SSSR count). The van der Waals surface area contributed by atoms with Crippen molar-refractivity contribution in [2.24, 2.45) is 0 Å². The van der Waals surface area contributed by atoms with Gasteiger partial charge in [-0.25, -0.2) is 0 Å². The fraction of sp³-hybridized carbons (Fsp3) is 0.588. The average molecular weight is 301 g/mol. The van der Waals surface area contributed by atoms with Gasteiger partial charge in [0.05, 0.1) is 11.3 Å². The highest BCUT2D eigenvalue weighted by Gasteiger charge is 2.32. The number of hydrogen-bond acceptors (Lipinski definition) is 4. The van der Waals surface area contributed by atoms with Crippen LogP contribution in [0.2, 0.25) is 0 Å². The summed E-state index contributed by atoms with van der Waals surface area (Å²) in [6.45, 7) is 2.18. The number of benzene rings is 1. The molecule has 2 aliphatic rings. The van der Waals surface area contributed by atoms with Crippen molar-refractivity contribution in [2.45, 2.75) is 49.1 Å². The molecule has 0 spiro atoms. The minimum Gasteiger partial charge on any atom is -0.366 e. The first-order chi connectivity index (χ1) is 10.3. The first-order valence-corrected chi connectivity index (χ1v) is 9.13. The predicted octanol–water partition coefficient (Wildman–Crippen LogP) is 3.39. The number of rotatable bonds is 5. The molecular weight excluding hydrogens is 278 g/mol. The lowest BCUT2D eigenvalue weighted by Gasteiger charge is -2.33. The van der Waals surface area contributed by atoms with Crippen molar-refractivity contribution in [3.05, 3.63) is 23.8 Å². The Hall–Kier alpha value is -1.18. The maximum absolute atomic E-state index is 9.58. The molecule has 4 heteroatoms. The quantitative estimate of drug-likeness (QED) is 0.846. The summed E-state index contributed by atoms with van der Waals surface area (Å²) in [5.74, 6) is 0. The fourth-order valence-corrected chi connectivity index (χ4v) is 3.76. The van der Waals surface area contributed by atoms with Gasteiger partial charge in [-0.05, 0) is 50.6 Å². The van der Waals surface area contributed by atoms with E-state index in [4.69, 9.17) is 0 Å². The Morgan fingerprint density at radius 2 is 2.19 bits per heavy atom. The summed E-state index contributed by atoms with van der Waals surface area (Å²) in [7, 11) is 0. The van der Waals surface area contributed by atoms with Gasteiger partial charge < -0.3 is 10.2 Å². The van der Waals surface area contributed by atoms with Gasteiger partial charge in [-0.3, -0.25) is 0 Å². The third kappa shape index (κ3) is 3.36. The highest BCUT2D eigenvalue weighted by atomic mass is 32.2. The van der Waals surface area contributed by atoms with Gasteiger partial charge in [-0.15, -0.1) is 11.8 Å². The molecular formula is C17H23N3S. The zero-order valence-electron chi connectivity index (χ0n) is 12.6. The van der Waals surface area contributed by atoms with Crippen molar-refractivity contribution >= 4 is 17.4 Å². The van der Waals surface area contributed by atoms with Crippen molar-refractivity contribution < 1.29 is 0 Å². The van der Waals surface area contributed by atoms with E-state index >= 15 is 0 Å². The summed E-state index contributed by atoms with van der Waals surface area (Å²) in [6, 6.07) is 9.91. The second-order valence-corrected chi connectivity index (χ2v) is 6.84. The molecule has 0 bridgehead atoms. The van der Waals surface area contributed by atoms with E-state index < -0.39 is 0 Å². The third-order valence-corrected chi connectivity index (χ3v) is 5.24. The molecule has 1 atom stereocenters. The van der Waals surface area contributed by atoms with Gasteiger partial charge in [0.1, 0.15) is 6.07 Å². The van der Waals surface area contributed by atoms with E-state index in [1.54, 1.807) is 11.8 Å². The molecule has 2 fully saturated rings. The number of nitriles is 1. The Balaban J connectivity index is 1.85. The molecule has 3 nitrogen and oxygen atoms in total. The van der Waals surface area contributed by atoms with Crippen LogP contribution >= 0.6 is 11.8 Å². The van der Waals surface area contributed by atoms with Gasteiger partial charge >= 0.3 is 0 Å². The molecule has 112 valence electrons. The summed E-state index contributed by atoms with van der Waals surface area (Å²) in [6.07, 6.45) is 8.46. The Bertz CT molecular complexity index is 527. The summed E-state index contributed by atoms with van der Waals surface area (Å²) in [5.41, 5.74) is 1.99. The number of piperidine rings is 1. The van der Waals surface area contributed by atoms with Crippen molar-refractivity contribution in [3.8, 4) is 6.07 Å². The summed E-state index contributed by atoms with van der Waals surface area (Å²) in [5, 5.41) is 13.2. The van der Waals surface area contributed by atoms with Crippen molar-refractivity contribution in [3.63, 3.8) is 0 Å². The SMILES string of the molecule is CSc1cccc(N(CC2CCCCN2)C2CC2)c1C#N. The first kappa shape index (κ1) is 14.7. The Labute approximate surface area is 131 Å². The highest BCUT2D eigenvalue weighted by Crippen LogP contribution is 2.36. The van der Waals surface area contributed by atoms with E-state index in [1.165, 1.54) is 32.1 Å². The Morgan fingerprint density at radius 1 is 1.33 bits per heavy atom. The van der Waals surface area contributed by atoms with E-state index in [0.717, 1.165) is 29.2 Å². The van der Waals surface area contributed by atoms with Gasteiger partial charge in [0.15, 0.2) is 0 Å². The molecule has 1 aromatic carbocycles. The minimum absolute atomic E-state index is 0.573. The fourth-order valence-electron chi connectivity index (χ4n) is 3.19. The van der Waals surface area contributed by atoms with Gasteiger partial charge in [-0.2, -0.15) is 5.26 Å². The molecule has 1 aromatic rings. The third-order valence-electron chi connectivity index (χ3n) is 4.46. The number of anilines is 1. The first-order valence-electron chi connectivity index (χ1n) is 7.90. The van der Waals surface area contributed by atoms with Crippen molar-refractivity contribution in [1.29, 1.82) is 5.26 Å². The molecule has 0 aromatic heterocycles. The molecule has 1 heterocycles. The molecule has 21 heavy (non-hydrogen) atoms. The van der Waals surface area contributed by atoms with Crippen LogP contribution in [-0.2, 0) is 0 Å². The lowest BCUT2D eigenvalue weighted by Crippen LogP contribution is -2.44. The number of thioether (sulfide) groups is 1. The maximum Gasteiger partial charge on any atom is 0.103 e. The van der Waals surface area contributed by atoms with Crippen LogP contribution in [0.3, 0.4) is 0 Å². The molecule has 1 aliphatic heterocycles. The molecule has 1 aliphatic carbocycles. The smallest absolute Gasteiger partial charge is 0.103 e. The second kappa shape index (κ2) is 6.72. The zero-order chi connectivity index (χ0) is 14.7. The van der Waals surface area contributed by atoms with Gasteiger partial charge in [0, 0.05) is 23.5 Å². The summed E-state index contributed by atoms with van der Waals surface area (Å²) < 4.78 is 0. The molecule has 1 N–H and O–H groups in total. The predicted molar refractivity (Wildman–Crippen MR) is 88.9 cm³/mol. The molecule has 1 saturated carbocycles. The molecule has 1 saturated heterocycles. The normalized spacial score (nSPS) is 21.8. The largest absolute Gasteiger partial charge is 0.366 e. The van der Waals surface area contributed by atoms with Gasteiger partial charge in [0.25, 0.3) is 0 Å². The minimum atomic E-state index is 0.573. The van der Waals surface area contributed by atoms with E-state index in [-0.39, 0.29) is 0 Å². The van der Waals surface area contributed by atoms with Crippen LogP contribution < -0.4 is 10.2 Å². The molecule has 0 radical (unpaired) electrons. The second-order valence-electron chi connectivity index (χ2n) is 6.00. The number of nitrogens with one attached hydrogen (secondary N) is 1. The van der Waals surface area contributed by atoms with Crippen LogP contribution in [-0.4, -0.2) is 31.4 Å². The monoisotopic (exact) mass is 301 g/mol. The van der Waals surface area contributed by atoms with Crippen LogP contribution in [0.4, 0.5) is 5.69 Å². The Morgan fingerprint density at radius 3 is 2.81 bits per heavy atom. The van der Waals surface area contributed by atoms with E-state index in [9.17, 15) is 5.26 Å². The van der Waals surface area contributed by atoms with Crippen LogP contribution in [0.1, 0.15) is 37.7 Å². The molecule has 1 unspecified atom stereocenters. The van der Waals surface area contributed by atoms with E-state index in [0.29, 0.717) is 12.1 Å². The average Bonchev–Trinajstić information content (AvgIpc) is 3.37. The zero-order valence-corrected chi connectivity index (χ0v) is 13.5. The van der Waals surface area contributed by atoms with Gasteiger partial charge in [-0.1, -0.05) is 12.5 Å². The topological polar surface area (TPSA) is 39.1 Å². The lowest BCUT2D eigenvalue weighted by molar-refractivity contribution is 0.398. The summed E-state index contributed by atoms with van der Waals surface area (Å²) in [4.78, 5) is 3.58. The van der Waals surface area contributed by atoms with E-state index in [1.807, 2.05) is 6.26 Å². The van der Waals surface area contributed by atoms with Crippen molar-refractivity contribution in [1.82, 2.24) is 5.32 Å². The molecule has 0 amide bonds. The summed E-state index contributed by atoms with van der Waals surface area (Å²) >= 11 is 1.66. The van der Waals surface area contributed by atoms with Crippen LogP contribution in [0.5, 0.6) is 0 Å². The Kier molecular flexibility index (Phi) is 4.72. The lowest BCUT2D eigenvalue weighted by atomic mass is 10.0. The standard InChI is InChI=1S/C17H23N3S/c1-21-17-7-4-6-16(15(17)11-18)20(14-8-9-14)12-13-5-2-3-10-19-13/h4,6-7,13-14,19H,2-3,5,8-10,12H2,1H3. The van der Waals surface area contributed by atoms with Crippen molar-refractivity contribution in [2.75, 3.05) is 24.2 Å². The van der Waals surface area contributed by atoms with Crippen LogP contribution in [0.15, 0.2) is 23.1 Å². The maximum atomic E-state index is 9.58. The van der Waals surface area contributed by atoms with E-state index in [2.05, 4.69) is 34.5 Å².